The molecule has 0 bridgehead atoms. The van der Waals surface area contributed by atoms with Crippen LogP contribution in [0.25, 0.3) is 0 Å². The second-order valence-corrected chi connectivity index (χ2v) is 6.01. The molecule has 1 fully saturated rings. The first-order valence-electron chi connectivity index (χ1n) is 7.15. The molecule has 0 amide bonds. The lowest BCUT2D eigenvalue weighted by atomic mass is 9.92. The molecule has 3 heteroatoms. The minimum absolute atomic E-state index is 0.0141. The zero-order valence-corrected chi connectivity index (χ0v) is 12.2. The van der Waals surface area contributed by atoms with Gasteiger partial charge in [-0.2, -0.15) is 0 Å². The van der Waals surface area contributed by atoms with Gasteiger partial charge < -0.3 is 15.5 Å². The monoisotopic (exact) mass is 241 g/mol. The predicted octanol–water partition coefficient (Wildman–Crippen LogP) is 1.78. The summed E-state index contributed by atoms with van der Waals surface area (Å²) in [6.45, 7) is 9.17. The number of likely N-dealkylation sites (N-methyl/N-ethyl adjacent to an activating group) is 1. The van der Waals surface area contributed by atoms with Gasteiger partial charge in [-0.3, -0.25) is 0 Å². The normalized spacial score (nSPS) is 20.1. The molecule has 0 spiro atoms. The molecular weight excluding hydrogens is 210 g/mol. The molecule has 3 nitrogen and oxygen atoms in total. The van der Waals surface area contributed by atoms with E-state index in [-0.39, 0.29) is 5.54 Å². The highest BCUT2D eigenvalue weighted by molar-refractivity contribution is 4.85. The summed E-state index contributed by atoms with van der Waals surface area (Å²) in [4.78, 5) is 4.88. The van der Waals surface area contributed by atoms with Gasteiger partial charge in [0.15, 0.2) is 0 Å². The molecule has 1 aliphatic rings. The standard InChI is InChI=1S/C14H31N3/c1-5-14(15,6-2)12-17(4)11-13-7-9-16(3)10-8-13/h13H,5-12,15H2,1-4H3. The van der Waals surface area contributed by atoms with Crippen LogP contribution in [0.5, 0.6) is 0 Å². The first-order valence-corrected chi connectivity index (χ1v) is 7.15. The number of hydrogen-bond donors (Lipinski definition) is 1. The molecule has 0 aromatic rings. The van der Waals surface area contributed by atoms with E-state index in [0.29, 0.717) is 0 Å². The van der Waals surface area contributed by atoms with Crippen LogP contribution < -0.4 is 5.73 Å². The lowest BCUT2D eigenvalue weighted by Crippen LogP contribution is -2.49. The minimum atomic E-state index is 0.0141. The third kappa shape index (κ3) is 4.94. The molecule has 102 valence electrons. The number of nitrogens with zero attached hydrogens (tertiary/aromatic N) is 2. The molecule has 0 radical (unpaired) electrons. The Balaban J connectivity index is 2.31. The largest absolute Gasteiger partial charge is 0.324 e. The summed E-state index contributed by atoms with van der Waals surface area (Å²) in [6, 6.07) is 0. The summed E-state index contributed by atoms with van der Waals surface area (Å²) < 4.78 is 0. The highest BCUT2D eigenvalue weighted by atomic mass is 15.1. The van der Waals surface area contributed by atoms with E-state index in [0.717, 1.165) is 25.3 Å². The first kappa shape index (κ1) is 14.9. The average Bonchev–Trinajstić information content (AvgIpc) is 2.32. The quantitative estimate of drug-likeness (QED) is 0.769. The zero-order valence-electron chi connectivity index (χ0n) is 12.2. The molecule has 1 heterocycles. The van der Waals surface area contributed by atoms with Crippen molar-refractivity contribution in [3.63, 3.8) is 0 Å². The molecule has 0 aliphatic carbocycles. The SMILES string of the molecule is CCC(N)(CC)CN(C)CC1CCN(C)CC1. The van der Waals surface area contributed by atoms with Crippen LogP contribution in [0, 0.1) is 5.92 Å². The van der Waals surface area contributed by atoms with E-state index < -0.39 is 0 Å². The summed E-state index contributed by atoms with van der Waals surface area (Å²) in [7, 11) is 4.45. The molecule has 0 unspecified atom stereocenters. The molecule has 1 rings (SSSR count). The molecule has 2 N–H and O–H groups in total. The van der Waals surface area contributed by atoms with Crippen molar-refractivity contribution in [1.29, 1.82) is 0 Å². The van der Waals surface area contributed by atoms with E-state index in [1.807, 2.05) is 0 Å². The fourth-order valence-corrected chi connectivity index (χ4v) is 2.76. The first-order chi connectivity index (χ1) is 7.99. The number of rotatable bonds is 6. The van der Waals surface area contributed by atoms with Crippen LogP contribution in [0.4, 0.5) is 0 Å². The van der Waals surface area contributed by atoms with Gasteiger partial charge in [-0.25, -0.2) is 0 Å². The van der Waals surface area contributed by atoms with Crippen LogP contribution in [-0.4, -0.2) is 55.6 Å². The van der Waals surface area contributed by atoms with Crippen molar-refractivity contribution in [2.45, 2.75) is 45.1 Å². The zero-order chi connectivity index (χ0) is 12.9. The van der Waals surface area contributed by atoms with Gasteiger partial charge >= 0.3 is 0 Å². The second-order valence-electron chi connectivity index (χ2n) is 6.01. The van der Waals surface area contributed by atoms with Crippen molar-refractivity contribution in [1.82, 2.24) is 9.80 Å². The summed E-state index contributed by atoms with van der Waals surface area (Å²) in [5.74, 6) is 0.870. The highest BCUT2D eigenvalue weighted by Gasteiger charge is 2.24. The summed E-state index contributed by atoms with van der Waals surface area (Å²) >= 11 is 0. The second kappa shape index (κ2) is 6.72. The summed E-state index contributed by atoms with van der Waals surface area (Å²) in [6.07, 6.45) is 4.83. The molecule has 0 aromatic heterocycles. The molecule has 17 heavy (non-hydrogen) atoms. The Bertz CT molecular complexity index is 206. The van der Waals surface area contributed by atoms with Crippen LogP contribution in [0.1, 0.15) is 39.5 Å². The minimum Gasteiger partial charge on any atom is -0.324 e. The van der Waals surface area contributed by atoms with Gasteiger partial charge in [-0.05, 0) is 58.8 Å². The van der Waals surface area contributed by atoms with E-state index >= 15 is 0 Å². The van der Waals surface area contributed by atoms with Crippen LogP contribution in [-0.2, 0) is 0 Å². The van der Waals surface area contributed by atoms with Crippen molar-refractivity contribution < 1.29 is 0 Å². The van der Waals surface area contributed by atoms with Crippen molar-refractivity contribution in [2.75, 3.05) is 40.3 Å². The van der Waals surface area contributed by atoms with Crippen LogP contribution >= 0.6 is 0 Å². The predicted molar refractivity (Wildman–Crippen MR) is 75.2 cm³/mol. The van der Waals surface area contributed by atoms with E-state index in [2.05, 4.69) is 37.7 Å². The molecule has 0 atom stereocenters. The van der Waals surface area contributed by atoms with Crippen molar-refractivity contribution in [2.24, 2.45) is 11.7 Å². The van der Waals surface area contributed by atoms with Gasteiger partial charge in [0.05, 0.1) is 0 Å². The smallest absolute Gasteiger partial charge is 0.0278 e. The Morgan fingerprint density at radius 3 is 2.24 bits per heavy atom. The van der Waals surface area contributed by atoms with E-state index in [4.69, 9.17) is 5.73 Å². The fraction of sp³-hybridized carbons (Fsp3) is 1.00. The van der Waals surface area contributed by atoms with Crippen molar-refractivity contribution in [3.05, 3.63) is 0 Å². The van der Waals surface area contributed by atoms with E-state index in [9.17, 15) is 0 Å². The maximum atomic E-state index is 6.37. The molecule has 1 saturated heterocycles. The van der Waals surface area contributed by atoms with Crippen LogP contribution in [0.3, 0.4) is 0 Å². The van der Waals surface area contributed by atoms with Gasteiger partial charge in [0.2, 0.25) is 0 Å². The maximum absolute atomic E-state index is 6.37. The number of nitrogens with two attached hydrogens (primary N) is 1. The van der Waals surface area contributed by atoms with Crippen LogP contribution in [0.2, 0.25) is 0 Å². The maximum Gasteiger partial charge on any atom is 0.0278 e. The van der Waals surface area contributed by atoms with Gasteiger partial charge in [0, 0.05) is 18.6 Å². The van der Waals surface area contributed by atoms with Gasteiger partial charge in [0.25, 0.3) is 0 Å². The Morgan fingerprint density at radius 1 is 1.24 bits per heavy atom. The topological polar surface area (TPSA) is 32.5 Å². The third-order valence-electron chi connectivity index (χ3n) is 4.40. The van der Waals surface area contributed by atoms with E-state index in [1.54, 1.807) is 0 Å². The highest BCUT2D eigenvalue weighted by Crippen LogP contribution is 2.19. The Kier molecular flexibility index (Phi) is 5.90. The summed E-state index contributed by atoms with van der Waals surface area (Å²) in [5, 5.41) is 0. The lowest BCUT2D eigenvalue weighted by molar-refractivity contribution is 0.155. The van der Waals surface area contributed by atoms with Gasteiger partial charge in [-0.15, -0.1) is 0 Å². The lowest BCUT2D eigenvalue weighted by Gasteiger charge is -2.36. The van der Waals surface area contributed by atoms with Gasteiger partial charge in [-0.1, -0.05) is 13.8 Å². The molecule has 1 aliphatic heterocycles. The Hall–Kier alpha value is -0.120. The molecular formula is C14H31N3. The molecule has 0 saturated carbocycles. The number of piperidine rings is 1. The van der Waals surface area contributed by atoms with Crippen LogP contribution in [0.15, 0.2) is 0 Å². The molecule has 0 aromatic carbocycles. The van der Waals surface area contributed by atoms with E-state index in [1.165, 1.54) is 32.5 Å². The Morgan fingerprint density at radius 2 is 1.76 bits per heavy atom. The third-order valence-corrected chi connectivity index (χ3v) is 4.40. The fourth-order valence-electron chi connectivity index (χ4n) is 2.76. The number of hydrogen-bond acceptors (Lipinski definition) is 3. The van der Waals surface area contributed by atoms with Crippen molar-refractivity contribution >= 4 is 0 Å². The average molecular weight is 241 g/mol. The van der Waals surface area contributed by atoms with Crippen molar-refractivity contribution in [3.8, 4) is 0 Å². The van der Waals surface area contributed by atoms with Gasteiger partial charge in [0.1, 0.15) is 0 Å². The summed E-state index contributed by atoms with van der Waals surface area (Å²) in [5.41, 5.74) is 6.39. The Labute approximate surface area is 107 Å². The number of likely N-dealkylation sites (tertiary alicyclic amines) is 1.